The topological polar surface area (TPSA) is 38.5 Å². The molecule has 1 heterocycles. The Morgan fingerprint density at radius 3 is 2.71 bits per heavy atom. The molecule has 3 atom stereocenters. The van der Waals surface area contributed by atoms with Gasteiger partial charge in [0.1, 0.15) is 0 Å². The second-order valence-electron chi connectivity index (χ2n) is 5.56. The van der Waals surface area contributed by atoms with Crippen molar-refractivity contribution in [3.8, 4) is 0 Å². The van der Waals surface area contributed by atoms with Crippen LogP contribution in [0.3, 0.4) is 0 Å². The summed E-state index contributed by atoms with van der Waals surface area (Å²) in [5, 5.41) is 0. The summed E-state index contributed by atoms with van der Waals surface area (Å²) in [6.07, 6.45) is -4.28. The number of hydrogen-bond acceptors (Lipinski definition) is 3. The molecule has 1 aromatic carbocycles. The molecule has 2 rings (SSSR count). The van der Waals surface area contributed by atoms with Crippen molar-refractivity contribution in [1.82, 2.24) is 4.90 Å². The fraction of sp³-hybridized carbons (Fsp3) is 0.600. The first-order valence-electron chi connectivity index (χ1n) is 7.07. The molecule has 2 N–H and O–H groups in total. The quantitative estimate of drug-likeness (QED) is 0.933. The van der Waals surface area contributed by atoms with Gasteiger partial charge < -0.3 is 10.5 Å². The number of hydrogen-bond donors (Lipinski definition) is 1. The van der Waals surface area contributed by atoms with Gasteiger partial charge in [0.2, 0.25) is 0 Å². The summed E-state index contributed by atoms with van der Waals surface area (Å²) in [5.74, 6) is 0. The Morgan fingerprint density at radius 2 is 2.10 bits per heavy atom. The SMILES string of the molecule is CC1CN(C(CN)c2cccc(C(F)(F)F)c2)C(C)CO1. The molecule has 0 radical (unpaired) electrons. The van der Waals surface area contributed by atoms with Crippen LogP contribution in [0.15, 0.2) is 24.3 Å². The second kappa shape index (κ2) is 6.34. The lowest BCUT2D eigenvalue weighted by molar-refractivity contribution is -0.137. The maximum Gasteiger partial charge on any atom is 0.416 e. The molecule has 1 fully saturated rings. The Morgan fingerprint density at radius 1 is 1.38 bits per heavy atom. The number of alkyl halides is 3. The molecular weight excluding hydrogens is 281 g/mol. The highest BCUT2D eigenvalue weighted by molar-refractivity contribution is 5.28. The van der Waals surface area contributed by atoms with Gasteiger partial charge in [-0.1, -0.05) is 12.1 Å². The third-order valence-corrected chi connectivity index (χ3v) is 3.88. The number of ether oxygens (including phenoxy) is 1. The molecule has 0 amide bonds. The number of halogens is 3. The maximum absolute atomic E-state index is 12.9. The lowest BCUT2D eigenvalue weighted by Gasteiger charge is -2.41. The Labute approximate surface area is 122 Å². The van der Waals surface area contributed by atoms with E-state index >= 15 is 0 Å². The lowest BCUT2D eigenvalue weighted by Crippen LogP contribution is -2.50. The average Bonchev–Trinajstić information content (AvgIpc) is 2.43. The Balaban J connectivity index is 2.28. The van der Waals surface area contributed by atoms with E-state index in [1.165, 1.54) is 12.1 Å². The largest absolute Gasteiger partial charge is 0.416 e. The van der Waals surface area contributed by atoms with Crippen molar-refractivity contribution in [2.75, 3.05) is 19.7 Å². The molecule has 1 aliphatic heterocycles. The van der Waals surface area contributed by atoms with Crippen molar-refractivity contribution in [1.29, 1.82) is 0 Å². The monoisotopic (exact) mass is 302 g/mol. The predicted octanol–water partition coefficient (Wildman–Crippen LogP) is 2.81. The highest BCUT2D eigenvalue weighted by Crippen LogP contribution is 2.32. The molecule has 118 valence electrons. The van der Waals surface area contributed by atoms with E-state index in [1.54, 1.807) is 6.07 Å². The third kappa shape index (κ3) is 3.75. The van der Waals surface area contributed by atoms with Crippen molar-refractivity contribution in [3.05, 3.63) is 35.4 Å². The van der Waals surface area contributed by atoms with Gasteiger partial charge in [0, 0.05) is 25.2 Å². The van der Waals surface area contributed by atoms with Crippen molar-refractivity contribution >= 4 is 0 Å². The van der Waals surface area contributed by atoms with E-state index in [4.69, 9.17) is 10.5 Å². The molecule has 0 aliphatic carbocycles. The van der Waals surface area contributed by atoms with Gasteiger partial charge in [0.25, 0.3) is 0 Å². The van der Waals surface area contributed by atoms with E-state index in [-0.39, 0.29) is 24.7 Å². The Hall–Kier alpha value is -1.11. The van der Waals surface area contributed by atoms with Crippen LogP contribution in [0, 0.1) is 0 Å². The van der Waals surface area contributed by atoms with E-state index in [9.17, 15) is 13.2 Å². The van der Waals surface area contributed by atoms with Crippen LogP contribution >= 0.6 is 0 Å². The molecule has 0 aromatic heterocycles. The lowest BCUT2D eigenvalue weighted by atomic mass is 9.99. The maximum atomic E-state index is 12.9. The van der Waals surface area contributed by atoms with Crippen LogP contribution in [0.5, 0.6) is 0 Å². The smallest absolute Gasteiger partial charge is 0.376 e. The molecule has 1 saturated heterocycles. The summed E-state index contributed by atoms with van der Waals surface area (Å²) >= 11 is 0. The van der Waals surface area contributed by atoms with E-state index in [1.807, 2.05) is 13.8 Å². The fourth-order valence-electron chi connectivity index (χ4n) is 2.75. The van der Waals surface area contributed by atoms with Gasteiger partial charge in [-0.25, -0.2) is 0 Å². The highest BCUT2D eigenvalue weighted by atomic mass is 19.4. The summed E-state index contributed by atoms with van der Waals surface area (Å²) in [4.78, 5) is 2.13. The van der Waals surface area contributed by atoms with Gasteiger partial charge >= 0.3 is 6.18 Å². The minimum atomic E-state index is -4.33. The minimum absolute atomic E-state index is 0.0565. The zero-order valence-electron chi connectivity index (χ0n) is 12.2. The van der Waals surface area contributed by atoms with Crippen LogP contribution in [-0.2, 0) is 10.9 Å². The summed E-state index contributed by atoms with van der Waals surface area (Å²) in [6.45, 7) is 5.47. The second-order valence-corrected chi connectivity index (χ2v) is 5.56. The molecule has 3 unspecified atom stereocenters. The standard InChI is InChI=1S/C15H21F3N2O/c1-10-9-21-11(2)8-20(10)14(7-19)12-4-3-5-13(6-12)15(16,17)18/h3-6,10-11,14H,7-9,19H2,1-2H3. The predicted molar refractivity (Wildman–Crippen MR) is 74.8 cm³/mol. The summed E-state index contributed by atoms with van der Waals surface area (Å²) in [7, 11) is 0. The van der Waals surface area contributed by atoms with E-state index in [2.05, 4.69) is 4.90 Å². The van der Waals surface area contributed by atoms with Gasteiger partial charge in [0.15, 0.2) is 0 Å². The van der Waals surface area contributed by atoms with Crippen LogP contribution in [0.25, 0.3) is 0 Å². The van der Waals surface area contributed by atoms with Gasteiger partial charge in [0.05, 0.1) is 18.3 Å². The van der Waals surface area contributed by atoms with Gasteiger partial charge in [-0.2, -0.15) is 13.2 Å². The van der Waals surface area contributed by atoms with Crippen LogP contribution in [0.2, 0.25) is 0 Å². The number of rotatable bonds is 3. The molecule has 0 spiro atoms. The van der Waals surface area contributed by atoms with E-state index in [0.29, 0.717) is 18.7 Å². The number of morpholine rings is 1. The number of nitrogens with two attached hydrogens (primary N) is 1. The minimum Gasteiger partial charge on any atom is -0.376 e. The summed E-state index contributed by atoms with van der Waals surface area (Å²) in [5.41, 5.74) is 5.81. The first-order valence-corrected chi connectivity index (χ1v) is 7.07. The van der Waals surface area contributed by atoms with Crippen LogP contribution < -0.4 is 5.73 Å². The van der Waals surface area contributed by atoms with E-state index in [0.717, 1.165) is 6.07 Å². The van der Waals surface area contributed by atoms with Crippen molar-refractivity contribution in [2.45, 2.75) is 38.2 Å². The molecule has 1 aromatic rings. The Kier molecular flexibility index (Phi) is 4.91. The third-order valence-electron chi connectivity index (χ3n) is 3.88. The number of nitrogens with zero attached hydrogens (tertiary/aromatic N) is 1. The Bertz CT molecular complexity index is 478. The van der Waals surface area contributed by atoms with Crippen molar-refractivity contribution in [3.63, 3.8) is 0 Å². The van der Waals surface area contributed by atoms with Crippen molar-refractivity contribution < 1.29 is 17.9 Å². The molecule has 21 heavy (non-hydrogen) atoms. The average molecular weight is 302 g/mol. The first-order chi connectivity index (χ1) is 9.82. The van der Waals surface area contributed by atoms with E-state index < -0.39 is 11.7 Å². The zero-order valence-corrected chi connectivity index (χ0v) is 12.2. The normalized spacial score (nSPS) is 25.8. The highest BCUT2D eigenvalue weighted by Gasteiger charge is 2.33. The zero-order chi connectivity index (χ0) is 15.6. The van der Waals surface area contributed by atoms with Crippen LogP contribution in [0.1, 0.15) is 31.0 Å². The fourth-order valence-corrected chi connectivity index (χ4v) is 2.75. The van der Waals surface area contributed by atoms with Crippen molar-refractivity contribution in [2.24, 2.45) is 5.73 Å². The van der Waals surface area contributed by atoms with Crippen LogP contribution in [-0.4, -0.2) is 36.7 Å². The molecule has 6 heteroatoms. The summed E-state index contributed by atoms with van der Waals surface area (Å²) < 4.78 is 44.1. The first kappa shape index (κ1) is 16.3. The molecule has 3 nitrogen and oxygen atoms in total. The van der Waals surface area contributed by atoms with Gasteiger partial charge in [-0.15, -0.1) is 0 Å². The molecule has 0 saturated carbocycles. The summed E-state index contributed by atoms with van der Waals surface area (Å²) in [6, 6.07) is 5.33. The van der Waals surface area contributed by atoms with Crippen LogP contribution in [0.4, 0.5) is 13.2 Å². The molecule has 0 bridgehead atoms. The molecule has 1 aliphatic rings. The van der Waals surface area contributed by atoms with Gasteiger partial charge in [-0.05, 0) is 31.5 Å². The van der Waals surface area contributed by atoms with Gasteiger partial charge in [-0.3, -0.25) is 4.90 Å². The molecular formula is C15H21F3N2O. The number of benzene rings is 1.